The number of methoxy groups -OCH3 is 1. The number of likely N-dealkylation sites (tertiary alicyclic amines) is 1. The first-order valence-electron chi connectivity index (χ1n) is 5.29. The maximum Gasteiger partial charge on any atom is 0.304 e. The van der Waals surface area contributed by atoms with Gasteiger partial charge in [-0.3, -0.25) is 14.9 Å². The van der Waals surface area contributed by atoms with Crippen LogP contribution < -0.4 is 0 Å². The van der Waals surface area contributed by atoms with Crippen LogP contribution in [-0.4, -0.2) is 42.0 Å². The van der Waals surface area contributed by atoms with E-state index in [9.17, 15) is 19.3 Å². The molecule has 0 radical (unpaired) electrons. The summed E-state index contributed by atoms with van der Waals surface area (Å²) in [5, 5.41) is 10.4. The highest BCUT2D eigenvalue weighted by Crippen LogP contribution is 2.21. The molecule has 1 saturated heterocycles. The average molecular weight is 254 g/mol. The normalized spacial score (nSPS) is 15.3. The first-order chi connectivity index (χ1) is 8.52. The van der Waals surface area contributed by atoms with Gasteiger partial charge in [-0.05, 0) is 12.1 Å². The topological polar surface area (TPSA) is 72.7 Å². The number of hydrogen-bond acceptors (Lipinski definition) is 4. The van der Waals surface area contributed by atoms with E-state index < -0.39 is 16.4 Å². The van der Waals surface area contributed by atoms with Gasteiger partial charge in [0.2, 0.25) is 5.82 Å². The van der Waals surface area contributed by atoms with Gasteiger partial charge in [-0.1, -0.05) is 0 Å². The lowest BCUT2D eigenvalue weighted by Gasteiger charge is -2.38. The first-order valence-corrected chi connectivity index (χ1v) is 5.29. The van der Waals surface area contributed by atoms with Crippen LogP contribution in [0.2, 0.25) is 0 Å². The molecule has 0 saturated carbocycles. The minimum absolute atomic E-state index is 0.0110. The Hall–Kier alpha value is -2.02. The lowest BCUT2D eigenvalue weighted by atomic mass is 10.1. The average Bonchev–Trinajstić information content (AvgIpc) is 2.26. The van der Waals surface area contributed by atoms with Gasteiger partial charge in [0.05, 0.1) is 11.0 Å². The highest BCUT2D eigenvalue weighted by Gasteiger charge is 2.31. The van der Waals surface area contributed by atoms with E-state index in [2.05, 4.69) is 0 Å². The molecule has 0 N–H and O–H groups in total. The molecule has 0 aliphatic carbocycles. The summed E-state index contributed by atoms with van der Waals surface area (Å²) < 4.78 is 18.4. The van der Waals surface area contributed by atoms with Crippen LogP contribution in [0.1, 0.15) is 10.4 Å². The molecule has 1 fully saturated rings. The van der Waals surface area contributed by atoms with E-state index in [1.54, 1.807) is 7.11 Å². The second-order valence-electron chi connectivity index (χ2n) is 3.99. The lowest BCUT2D eigenvalue weighted by Crippen LogP contribution is -2.54. The molecule has 96 valence electrons. The Morgan fingerprint density at radius 3 is 2.72 bits per heavy atom. The van der Waals surface area contributed by atoms with Crippen molar-refractivity contribution in [3.63, 3.8) is 0 Å². The van der Waals surface area contributed by atoms with E-state index in [0.717, 1.165) is 12.1 Å². The largest absolute Gasteiger partial charge is 0.378 e. The van der Waals surface area contributed by atoms with Crippen LogP contribution in [0.15, 0.2) is 18.2 Å². The monoisotopic (exact) mass is 254 g/mol. The minimum Gasteiger partial charge on any atom is -0.378 e. The van der Waals surface area contributed by atoms with Gasteiger partial charge in [-0.15, -0.1) is 0 Å². The smallest absolute Gasteiger partial charge is 0.304 e. The summed E-state index contributed by atoms with van der Waals surface area (Å²) in [6.45, 7) is 0.905. The molecule has 1 amide bonds. The lowest BCUT2D eigenvalue weighted by molar-refractivity contribution is -0.387. The Morgan fingerprint density at radius 1 is 1.56 bits per heavy atom. The molecule has 18 heavy (non-hydrogen) atoms. The highest BCUT2D eigenvalue weighted by molar-refractivity contribution is 5.95. The first kappa shape index (κ1) is 12.4. The zero-order valence-corrected chi connectivity index (χ0v) is 9.63. The molecular weight excluding hydrogens is 243 g/mol. The van der Waals surface area contributed by atoms with Gasteiger partial charge < -0.3 is 9.64 Å². The van der Waals surface area contributed by atoms with Gasteiger partial charge in [0, 0.05) is 31.8 Å². The van der Waals surface area contributed by atoms with Crippen molar-refractivity contribution in [1.29, 1.82) is 0 Å². The second kappa shape index (κ2) is 4.69. The Balaban J connectivity index is 2.13. The number of amides is 1. The van der Waals surface area contributed by atoms with Gasteiger partial charge in [-0.2, -0.15) is 4.39 Å². The summed E-state index contributed by atoms with van der Waals surface area (Å²) in [4.78, 5) is 23.0. The van der Waals surface area contributed by atoms with Crippen LogP contribution in [0, 0.1) is 15.9 Å². The summed E-state index contributed by atoms with van der Waals surface area (Å²) in [5.74, 6) is -1.35. The number of nitro groups is 1. The van der Waals surface area contributed by atoms with Crippen LogP contribution in [0.25, 0.3) is 0 Å². The van der Waals surface area contributed by atoms with E-state index in [1.165, 1.54) is 11.0 Å². The van der Waals surface area contributed by atoms with Crippen LogP contribution in [-0.2, 0) is 4.74 Å². The molecule has 6 nitrogen and oxygen atoms in total. The third-order valence-corrected chi connectivity index (χ3v) is 2.86. The van der Waals surface area contributed by atoms with Crippen LogP contribution >= 0.6 is 0 Å². The SMILES string of the molecule is COC1CN(C(=O)c2ccc([N+](=O)[O-])c(F)c2)C1. The third kappa shape index (κ3) is 2.17. The fourth-order valence-corrected chi connectivity index (χ4v) is 1.72. The van der Waals surface area contributed by atoms with Crippen LogP contribution in [0.3, 0.4) is 0 Å². The number of benzene rings is 1. The van der Waals surface area contributed by atoms with Crippen LogP contribution in [0.5, 0.6) is 0 Å². The van der Waals surface area contributed by atoms with Crippen molar-refractivity contribution in [2.45, 2.75) is 6.10 Å². The second-order valence-corrected chi connectivity index (χ2v) is 3.99. The number of carbonyl (C=O) groups is 1. The molecule has 2 rings (SSSR count). The van der Waals surface area contributed by atoms with E-state index >= 15 is 0 Å². The Bertz CT molecular complexity index is 500. The summed E-state index contributed by atoms with van der Waals surface area (Å²) in [7, 11) is 1.55. The van der Waals surface area contributed by atoms with Crippen molar-refractivity contribution in [3.05, 3.63) is 39.7 Å². The van der Waals surface area contributed by atoms with E-state index in [1.807, 2.05) is 0 Å². The minimum atomic E-state index is -1.00. The van der Waals surface area contributed by atoms with E-state index in [4.69, 9.17) is 4.74 Å². The van der Waals surface area contributed by atoms with Crippen molar-refractivity contribution >= 4 is 11.6 Å². The molecule has 1 aliphatic heterocycles. The van der Waals surface area contributed by atoms with Crippen molar-refractivity contribution < 1.29 is 18.8 Å². The molecule has 0 unspecified atom stereocenters. The molecule has 1 aromatic carbocycles. The fourth-order valence-electron chi connectivity index (χ4n) is 1.72. The van der Waals surface area contributed by atoms with Gasteiger partial charge in [0.25, 0.3) is 5.91 Å². The third-order valence-electron chi connectivity index (χ3n) is 2.86. The maximum atomic E-state index is 13.4. The highest BCUT2D eigenvalue weighted by atomic mass is 19.1. The summed E-state index contributed by atoms with van der Waals surface area (Å²) >= 11 is 0. The molecule has 0 bridgehead atoms. The van der Waals surface area contributed by atoms with Crippen molar-refractivity contribution in [2.75, 3.05) is 20.2 Å². The van der Waals surface area contributed by atoms with Gasteiger partial charge in [-0.25, -0.2) is 0 Å². The van der Waals surface area contributed by atoms with Gasteiger partial charge >= 0.3 is 5.69 Å². The van der Waals surface area contributed by atoms with Crippen molar-refractivity contribution in [1.82, 2.24) is 4.90 Å². The zero-order valence-electron chi connectivity index (χ0n) is 9.63. The van der Waals surface area contributed by atoms with E-state index in [-0.39, 0.29) is 17.6 Å². The predicted molar refractivity (Wildman–Crippen MR) is 59.8 cm³/mol. The number of halogens is 1. The molecular formula is C11H11FN2O4. The summed E-state index contributed by atoms with van der Waals surface area (Å²) in [5.41, 5.74) is -0.530. The van der Waals surface area contributed by atoms with Gasteiger partial charge in [0.1, 0.15) is 0 Å². The van der Waals surface area contributed by atoms with E-state index in [0.29, 0.717) is 13.1 Å². The van der Waals surface area contributed by atoms with Crippen molar-refractivity contribution in [2.24, 2.45) is 0 Å². The molecule has 0 aromatic heterocycles. The molecule has 7 heteroatoms. The Labute approximate surface area is 102 Å². The predicted octanol–water partition coefficient (Wildman–Crippen LogP) is 1.20. The number of nitro benzene ring substituents is 1. The van der Waals surface area contributed by atoms with Crippen LogP contribution in [0.4, 0.5) is 10.1 Å². The molecule has 1 aromatic rings. The van der Waals surface area contributed by atoms with Crippen molar-refractivity contribution in [3.8, 4) is 0 Å². The Morgan fingerprint density at radius 2 is 2.22 bits per heavy atom. The number of nitrogens with zero attached hydrogens (tertiary/aromatic N) is 2. The maximum absolute atomic E-state index is 13.4. The summed E-state index contributed by atoms with van der Waals surface area (Å²) in [6, 6.07) is 3.14. The molecule has 1 aliphatic rings. The number of ether oxygens (including phenoxy) is 1. The standard InChI is InChI=1S/C11H11FN2O4/c1-18-8-5-13(6-8)11(15)7-2-3-10(14(16)17)9(12)4-7/h2-4,8H,5-6H2,1H3. The number of carbonyl (C=O) groups excluding carboxylic acids is 1. The van der Waals surface area contributed by atoms with Gasteiger partial charge in [0.15, 0.2) is 0 Å². The summed E-state index contributed by atoms with van der Waals surface area (Å²) in [6.07, 6.45) is 0.0110. The fraction of sp³-hybridized carbons (Fsp3) is 0.364. The molecule has 0 atom stereocenters. The Kier molecular flexibility index (Phi) is 3.24. The number of rotatable bonds is 3. The molecule has 0 spiro atoms. The zero-order chi connectivity index (χ0) is 13.3. The quantitative estimate of drug-likeness (QED) is 0.600. The number of hydrogen-bond donors (Lipinski definition) is 0. The molecule has 1 heterocycles.